The molecular weight excluding hydrogens is 284 g/mol. The van der Waals surface area contributed by atoms with Gasteiger partial charge in [0.05, 0.1) is 0 Å². The Labute approximate surface area is 128 Å². The fourth-order valence-electron chi connectivity index (χ4n) is 2.07. The Hall–Kier alpha value is -2.07. The van der Waals surface area contributed by atoms with E-state index in [4.69, 9.17) is 9.84 Å². The average Bonchev–Trinajstić information content (AvgIpc) is 2.86. The van der Waals surface area contributed by atoms with Gasteiger partial charge in [-0.15, -0.1) is 11.3 Å². The van der Waals surface area contributed by atoms with Crippen LogP contribution in [0.25, 0.3) is 6.08 Å². The van der Waals surface area contributed by atoms with Gasteiger partial charge in [-0.1, -0.05) is 6.07 Å². The normalized spacial score (nSPS) is 11.0. The number of thiophene rings is 1. The third-order valence-electron chi connectivity index (χ3n) is 3.31. The first-order valence-electron chi connectivity index (χ1n) is 6.65. The van der Waals surface area contributed by atoms with Crippen molar-refractivity contribution in [3.63, 3.8) is 0 Å². The van der Waals surface area contributed by atoms with Crippen LogP contribution in [0.5, 0.6) is 5.75 Å². The quantitative estimate of drug-likeness (QED) is 0.835. The van der Waals surface area contributed by atoms with E-state index in [2.05, 4.69) is 13.0 Å². The number of aliphatic carboxylic acids is 1. The van der Waals surface area contributed by atoms with Gasteiger partial charge in [0.1, 0.15) is 12.4 Å². The maximum atomic E-state index is 10.6. The second-order valence-electron chi connectivity index (χ2n) is 4.96. The first kappa shape index (κ1) is 15.3. The molecule has 0 spiro atoms. The maximum Gasteiger partial charge on any atom is 0.328 e. The predicted molar refractivity (Wildman–Crippen MR) is 86.0 cm³/mol. The predicted octanol–water partition coefficient (Wildman–Crippen LogP) is 4.35. The van der Waals surface area contributed by atoms with Crippen LogP contribution in [0.15, 0.2) is 29.7 Å². The third kappa shape index (κ3) is 3.95. The van der Waals surface area contributed by atoms with Gasteiger partial charge in [0.15, 0.2) is 0 Å². The lowest BCUT2D eigenvalue weighted by molar-refractivity contribution is -0.131. The number of benzene rings is 1. The number of carbonyl (C=O) groups is 1. The summed E-state index contributed by atoms with van der Waals surface area (Å²) in [4.78, 5) is 11.6. The molecule has 0 saturated heterocycles. The monoisotopic (exact) mass is 302 g/mol. The second kappa shape index (κ2) is 6.59. The van der Waals surface area contributed by atoms with E-state index in [-0.39, 0.29) is 0 Å². The van der Waals surface area contributed by atoms with Crippen LogP contribution < -0.4 is 4.74 Å². The molecule has 0 amide bonds. The SMILES string of the molecule is Cc1cc(C)c(C)c(OCc2sccc2C=CC(=O)O)c1. The Balaban J connectivity index is 2.14. The molecule has 21 heavy (non-hydrogen) atoms. The van der Waals surface area contributed by atoms with Gasteiger partial charge in [0, 0.05) is 11.0 Å². The lowest BCUT2D eigenvalue weighted by Crippen LogP contribution is -1.98. The Morgan fingerprint density at radius 1 is 1.33 bits per heavy atom. The smallest absolute Gasteiger partial charge is 0.328 e. The van der Waals surface area contributed by atoms with Gasteiger partial charge >= 0.3 is 5.97 Å². The molecule has 0 unspecified atom stereocenters. The van der Waals surface area contributed by atoms with Crippen molar-refractivity contribution in [2.24, 2.45) is 0 Å². The Morgan fingerprint density at radius 3 is 2.81 bits per heavy atom. The summed E-state index contributed by atoms with van der Waals surface area (Å²) in [6.45, 7) is 6.61. The first-order chi connectivity index (χ1) is 9.97. The highest BCUT2D eigenvalue weighted by Crippen LogP contribution is 2.26. The molecule has 0 aliphatic carbocycles. The molecule has 110 valence electrons. The zero-order chi connectivity index (χ0) is 15.4. The van der Waals surface area contributed by atoms with Gasteiger partial charge in [-0.05, 0) is 66.6 Å². The van der Waals surface area contributed by atoms with Crippen molar-refractivity contribution < 1.29 is 14.6 Å². The maximum absolute atomic E-state index is 10.6. The molecule has 0 radical (unpaired) electrons. The second-order valence-corrected chi connectivity index (χ2v) is 5.96. The summed E-state index contributed by atoms with van der Waals surface area (Å²) in [6.07, 6.45) is 2.75. The number of rotatable bonds is 5. The number of aryl methyl sites for hydroxylation is 2. The largest absolute Gasteiger partial charge is 0.488 e. The summed E-state index contributed by atoms with van der Waals surface area (Å²) in [7, 11) is 0. The number of carboxylic acid groups (broad SMARTS) is 1. The zero-order valence-corrected chi connectivity index (χ0v) is 13.2. The van der Waals surface area contributed by atoms with Crippen LogP contribution in [-0.4, -0.2) is 11.1 Å². The Bertz CT molecular complexity index is 683. The average molecular weight is 302 g/mol. The Morgan fingerprint density at radius 2 is 2.10 bits per heavy atom. The van der Waals surface area contributed by atoms with E-state index in [1.165, 1.54) is 11.1 Å². The van der Waals surface area contributed by atoms with E-state index >= 15 is 0 Å². The highest BCUT2D eigenvalue weighted by atomic mass is 32.1. The number of hydrogen-bond donors (Lipinski definition) is 1. The lowest BCUT2D eigenvalue weighted by atomic mass is 10.1. The van der Waals surface area contributed by atoms with E-state index < -0.39 is 5.97 Å². The summed E-state index contributed by atoms with van der Waals surface area (Å²) in [5.74, 6) is -0.0627. The van der Waals surface area contributed by atoms with Crippen LogP contribution in [0, 0.1) is 20.8 Å². The summed E-state index contributed by atoms with van der Waals surface area (Å²) >= 11 is 1.57. The Kier molecular flexibility index (Phi) is 4.81. The lowest BCUT2D eigenvalue weighted by Gasteiger charge is -2.12. The van der Waals surface area contributed by atoms with Crippen molar-refractivity contribution in [3.05, 3.63) is 56.8 Å². The molecular formula is C17H18O3S. The highest BCUT2D eigenvalue weighted by Gasteiger charge is 2.07. The number of ether oxygens (including phenoxy) is 1. The topological polar surface area (TPSA) is 46.5 Å². The van der Waals surface area contributed by atoms with E-state index in [0.29, 0.717) is 6.61 Å². The van der Waals surface area contributed by atoms with Gasteiger partial charge in [-0.25, -0.2) is 4.79 Å². The molecule has 3 nitrogen and oxygen atoms in total. The van der Waals surface area contributed by atoms with Crippen LogP contribution in [0.2, 0.25) is 0 Å². The summed E-state index contributed by atoms with van der Waals surface area (Å²) in [5, 5.41) is 10.6. The fraction of sp³-hybridized carbons (Fsp3) is 0.235. The van der Waals surface area contributed by atoms with Crippen molar-refractivity contribution in [2.45, 2.75) is 27.4 Å². The molecule has 0 bridgehead atoms. The van der Waals surface area contributed by atoms with Crippen LogP contribution in [0.3, 0.4) is 0 Å². The minimum Gasteiger partial charge on any atom is -0.488 e. The zero-order valence-electron chi connectivity index (χ0n) is 12.3. The van der Waals surface area contributed by atoms with E-state index in [0.717, 1.165) is 27.8 Å². The molecule has 1 aromatic carbocycles. The number of hydrogen-bond acceptors (Lipinski definition) is 3. The molecule has 1 N–H and O–H groups in total. The standard InChI is InChI=1S/C17H18O3S/c1-11-8-12(2)13(3)15(9-11)20-10-16-14(6-7-21-16)4-5-17(18)19/h4-9H,10H2,1-3H3,(H,18,19). The van der Waals surface area contributed by atoms with Crippen LogP contribution in [0.4, 0.5) is 0 Å². The van der Waals surface area contributed by atoms with Crippen LogP contribution in [0.1, 0.15) is 27.1 Å². The third-order valence-corrected chi connectivity index (χ3v) is 4.22. The fourth-order valence-corrected chi connectivity index (χ4v) is 2.85. The van der Waals surface area contributed by atoms with Gasteiger partial charge in [0.25, 0.3) is 0 Å². The van der Waals surface area contributed by atoms with Gasteiger partial charge in [0.2, 0.25) is 0 Å². The molecule has 0 saturated carbocycles. The van der Waals surface area contributed by atoms with Crippen molar-refractivity contribution in [1.29, 1.82) is 0 Å². The van der Waals surface area contributed by atoms with Crippen molar-refractivity contribution >= 4 is 23.4 Å². The summed E-state index contributed by atoms with van der Waals surface area (Å²) in [6, 6.07) is 6.06. The molecule has 4 heteroatoms. The van der Waals surface area contributed by atoms with Crippen molar-refractivity contribution in [1.82, 2.24) is 0 Å². The molecule has 0 atom stereocenters. The van der Waals surface area contributed by atoms with E-state index in [1.807, 2.05) is 31.4 Å². The summed E-state index contributed by atoms with van der Waals surface area (Å²) in [5.41, 5.74) is 4.41. The van der Waals surface area contributed by atoms with E-state index in [9.17, 15) is 4.79 Å². The van der Waals surface area contributed by atoms with Gasteiger partial charge < -0.3 is 9.84 Å². The van der Waals surface area contributed by atoms with Crippen LogP contribution in [-0.2, 0) is 11.4 Å². The molecule has 2 rings (SSSR count). The van der Waals surface area contributed by atoms with Crippen molar-refractivity contribution in [3.8, 4) is 5.75 Å². The molecule has 2 aromatic rings. The molecule has 0 aliphatic rings. The van der Waals surface area contributed by atoms with E-state index in [1.54, 1.807) is 17.4 Å². The van der Waals surface area contributed by atoms with Crippen LogP contribution >= 0.6 is 11.3 Å². The number of carboxylic acids is 1. The molecule has 1 aromatic heterocycles. The molecule has 0 aliphatic heterocycles. The minimum absolute atomic E-state index is 0.445. The summed E-state index contributed by atoms with van der Waals surface area (Å²) < 4.78 is 5.92. The van der Waals surface area contributed by atoms with Gasteiger partial charge in [-0.3, -0.25) is 0 Å². The van der Waals surface area contributed by atoms with Gasteiger partial charge in [-0.2, -0.15) is 0 Å². The highest BCUT2D eigenvalue weighted by molar-refractivity contribution is 7.10. The first-order valence-corrected chi connectivity index (χ1v) is 7.53. The minimum atomic E-state index is -0.946. The van der Waals surface area contributed by atoms with Crippen molar-refractivity contribution in [2.75, 3.05) is 0 Å². The molecule has 0 fully saturated rings. The molecule has 1 heterocycles.